The topological polar surface area (TPSA) is 72.1 Å². The van der Waals surface area contributed by atoms with E-state index < -0.39 is 0 Å². The summed E-state index contributed by atoms with van der Waals surface area (Å²) in [7, 11) is 1.87. The summed E-state index contributed by atoms with van der Waals surface area (Å²) < 4.78 is 4.77. The van der Waals surface area contributed by atoms with Gasteiger partial charge >= 0.3 is 0 Å². The standard InChI is InChI=1S/C21H25BrN4O2/c1-14-8-19(15(2)26(14)18-11-24-25(3)12-18)21(28)23-10-16(13-27)9-17-6-4-5-7-20(17)22/h4-8,11-12,16,27H,9-10,13H2,1-3H3,(H,23,28). The number of benzene rings is 1. The van der Waals surface area contributed by atoms with Gasteiger partial charge in [-0.1, -0.05) is 34.1 Å². The van der Waals surface area contributed by atoms with Gasteiger partial charge in [-0.05, 0) is 38.0 Å². The Morgan fingerprint density at radius 3 is 2.71 bits per heavy atom. The van der Waals surface area contributed by atoms with Crippen molar-refractivity contribution < 1.29 is 9.90 Å². The molecule has 1 amide bonds. The molecule has 28 heavy (non-hydrogen) atoms. The Kier molecular flexibility index (Phi) is 6.36. The highest BCUT2D eigenvalue weighted by atomic mass is 79.9. The number of aliphatic hydroxyl groups excluding tert-OH is 1. The van der Waals surface area contributed by atoms with Crippen molar-refractivity contribution in [2.75, 3.05) is 13.2 Å². The summed E-state index contributed by atoms with van der Waals surface area (Å²) in [6.45, 7) is 4.32. The number of carbonyl (C=O) groups is 1. The van der Waals surface area contributed by atoms with Crippen LogP contribution in [0.4, 0.5) is 0 Å². The fourth-order valence-corrected chi connectivity index (χ4v) is 3.87. The summed E-state index contributed by atoms with van der Waals surface area (Å²) in [6, 6.07) is 9.83. The molecule has 148 valence electrons. The molecule has 1 unspecified atom stereocenters. The maximum Gasteiger partial charge on any atom is 0.253 e. The van der Waals surface area contributed by atoms with Gasteiger partial charge in [-0.15, -0.1) is 0 Å². The van der Waals surface area contributed by atoms with E-state index in [1.165, 1.54) is 0 Å². The molecule has 7 heteroatoms. The van der Waals surface area contributed by atoms with E-state index in [0.717, 1.165) is 27.1 Å². The quantitative estimate of drug-likeness (QED) is 0.587. The lowest BCUT2D eigenvalue weighted by Gasteiger charge is -2.16. The van der Waals surface area contributed by atoms with Gasteiger partial charge in [0.1, 0.15) is 0 Å². The molecule has 0 aliphatic rings. The van der Waals surface area contributed by atoms with Crippen LogP contribution in [0.15, 0.2) is 47.2 Å². The molecule has 1 atom stereocenters. The van der Waals surface area contributed by atoms with Crippen molar-refractivity contribution in [1.82, 2.24) is 19.7 Å². The Labute approximate surface area is 173 Å². The number of hydrogen-bond acceptors (Lipinski definition) is 3. The maximum atomic E-state index is 12.8. The van der Waals surface area contributed by atoms with Gasteiger partial charge in [-0.3, -0.25) is 9.48 Å². The molecule has 0 spiro atoms. The van der Waals surface area contributed by atoms with Crippen LogP contribution in [0.2, 0.25) is 0 Å². The normalized spacial score (nSPS) is 12.2. The van der Waals surface area contributed by atoms with Crippen LogP contribution in [-0.4, -0.2) is 38.5 Å². The SMILES string of the molecule is Cc1cc(C(=O)NCC(CO)Cc2ccccc2Br)c(C)n1-c1cnn(C)c1. The molecule has 0 radical (unpaired) electrons. The van der Waals surface area contributed by atoms with Crippen molar-refractivity contribution in [3.63, 3.8) is 0 Å². The zero-order valence-corrected chi connectivity index (χ0v) is 17.9. The van der Waals surface area contributed by atoms with Gasteiger partial charge in [0, 0.05) is 48.2 Å². The molecule has 1 aromatic carbocycles. The number of aromatic nitrogens is 3. The van der Waals surface area contributed by atoms with Gasteiger partial charge in [-0.2, -0.15) is 5.10 Å². The summed E-state index contributed by atoms with van der Waals surface area (Å²) in [5.41, 5.74) is 4.53. The molecule has 2 N–H and O–H groups in total. The van der Waals surface area contributed by atoms with Crippen LogP contribution in [0.25, 0.3) is 5.69 Å². The second-order valence-electron chi connectivity index (χ2n) is 7.05. The first-order valence-corrected chi connectivity index (χ1v) is 10.0. The predicted octanol–water partition coefficient (Wildman–Crippen LogP) is 3.17. The second-order valence-corrected chi connectivity index (χ2v) is 7.90. The maximum absolute atomic E-state index is 12.8. The van der Waals surface area contributed by atoms with E-state index in [9.17, 15) is 9.90 Å². The van der Waals surface area contributed by atoms with Crippen molar-refractivity contribution in [2.24, 2.45) is 13.0 Å². The number of amides is 1. The highest BCUT2D eigenvalue weighted by Crippen LogP contribution is 2.21. The highest BCUT2D eigenvalue weighted by Gasteiger charge is 2.19. The first-order chi connectivity index (χ1) is 13.4. The number of hydrogen-bond donors (Lipinski definition) is 2. The van der Waals surface area contributed by atoms with E-state index >= 15 is 0 Å². The van der Waals surface area contributed by atoms with Gasteiger partial charge in [0.15, 0.2) is 0 Å². The van der Waals surface area contributed by atoms with Crippen molar-refractivity contribution in [3.05, 3.63) is 69.7 Å². The Bertz CT molecular complexity index is 977. The number of carbonyl (C=O) groups excluding carboxylic acids is 1. The lowest BCUT2D eigenvalue weighted by atomic mass is 10.00. The molecule has 3 rings (SSSR count). The van der Waals surface area contributed by atoms with Crippen molar-refractivity contribution in [3.8, 4) is 5.69 Å². The Morgan fingerprint density at radius 1 is 1.32 bits per heavy atom. The molecular formula is C21H25BrN4O2. The highest BCUT2D eigenvalue weighted by molar-refractivity contribution is 9.10. The number of halogens is 1. The van der Waals surface area contributed by atoms with Gasteiger partial charge in [0.2, 0.25) is 0 Å². The zero-order valence-electron chi connectivity index (χ0n) is 16.3. The van der Waals surface area contributed by atoms with Gasteiger partial charge in [0.25, 0.3) is 5.91 Å². The largest absolute Gasteiger partial charge is 0.396 e. The third-order valence-electron chi connectivity index (χ3n) is 4.90. The third-order valence-corrected chi connectivity index (χ3v) is 5.67. The van der Waals surface area contributed by atoms with Crippen molar-refractivity contribution in [1.29, 1.82) is 0 Å². The summed E-state index contributed by atoms with van der Waals surface area (Å²) in [6.07, 6.45) is 4.38. The second kappa shape index (κ2) is 8.75. The van der Waals surface area contributed by atoms with Gasteiger partial charge in [0.05, 0.1) is 17.4 Å². The Morgan fingerprint density at radius 2 is 2.07 bits per heavy atom. The van der Waals surface area contributed by atoms with Crippen LogP contribution >= 0.6 is 15.9 Å². The van der Waals surface area contributed by atoms with Crippen LogP contribution in [0.1, 0.15) is 27.3 Å². The molecule has 0 aliphatic heterocycles. The molecular weight excluding hydrogens is 420 g/mol. The van der Waals surface area contributed by atoms with Gasteiger partial charge in [-0.25, -0.2) is 0 Å². The number of aliphatic hydroxyl groups is 1. The molecule has 2 heterocycles. The van der Waals surface area contributed by atoms with E-state index in [1.807, 2.05) is 62.0 Å². The van der Waals surface area contributed by atoms with E-state index in [1.54, 1.807) is 10.9 Å². The number of nitrogens with zero attached hydrogens (tertiary/aromatic N) is 3. The van der Waals surface area contributed by atoms with Crippen LogP contribution in [0.3, 0.4) is 0 Å². The van der Waals surface area contributed by atoms with Crippen molar-refractivity contribution >= 4 is 21.8 Å². The van der Waals surface area contributed by atoms with E-state index in [4.69, 9.17) is 0 Å². The van der Waals surface area contributed by atoms with E-state index in [2.05, 4.69) is 26.3 Å². The zero-order chi connectivity index (χ0) is 20.3. The summed E-state index contributed by atoms with van der Waals surface area (Å²) >= 11 is 3.54. The minimum atomic E-state index is -0.131. The number of rotatable bonds is 7. The number of nitrogens with one attached hydrogen (secondary N) is 1. The van der Waals surface area contributed by atoms with Crippen LogP contribution in [0.5, 0.6) is 0 Å². The Balaban J connectivity index is 1.70. The molecule has 0 aliphatic carbocycles. The molecule has 0 saturated carbocycles. The minimum Gasteiger partial charge on any atom is -0.396 e. The molecule has 0 saturated heterocycles. The van der Waals surface area contributed by atoms with Crippen molar-refractivity contribution in [2.45, 2.75) is 20.3 Å². The fraction of sp³-hybridized carbons (Fsp3) is 0.333. The summed E-state index contributed by atoms with van der Waals surface area (Å²) in [4.78, 5) is 12.8. The average Bonchev–Trinajstić information content (AvgIpc) is 3.22. The monoisotopic (exact) mass is 444 g/mol. The average molecular weight is 445 g/mol. The lowest BCUT2D eigenvalue weighted by Crippen LogP contribution is -2.32. The lowest BCUT2D eigenvalue weighted by molar-refractivity contribution is 0.0939. The van der Waals surface area contributed by atoms with E-state index in [-0.39, 0.29) is 18.4 Å². The van der Waals surface area contributed by atoms with Gasteiger partial charge < -0.3 is 15.0 Å². The summed E-state index contributed by atoms with van der Waals surface area (Å²) in [5.74, 6) is -0.182. The first-order valence-electron chi connectivity index (χ1n) is 9.21. The Hall–Kier alpha value is -2.38. The molecule has 0 bridgehead atoms. The predicted molar refractivity (Wildman–Crippen MR) is 113 cm³/mol. The first kappa shape index (κ1) is 20.4. The van der Waals surface area contributed by atoms with Crippen LogP contribution < -0.4 is 5.32 Å². The number of aryl methyl sites for hydroxylation is 2. The molecule has 2 aromatic heterocycles. The van der Waals surface area contributed by atoms with Crippen LogP contribution in [0, 0.1) is 19.8 Å². The molecule has 3 aromatic rings. The molecule has 6 nitrogen and oxygen atoms in total. The summed E-state index contributed by atoms with van der Waals surface area (Å²) in [5, 5.41) is 16.9. The van der Waals surface area contributed by atoms with E-state index in [0.29, 0.717) is 18.5 Å². The third kappa shape index (κ3) is 4.36. The fourth-order valence-electron chi connectivity index (χ4n) is 3.42. The molecule has 0 fully saturated rings. The van der Waals surface area contributed by atoms with Crippen LogP contribution in [-0.2, 0) is 13.5 Å². The smallest absolute Gasteiger partial charge is 0.253 e. The minimum absolute atomic E-state index is 0.0102.